The third-order valence-corrected chi connectivity index (χ3v) is 2.91. The number of carbonyl (C=O) groups is 1. The maximum Gasteiger partial charge on any atom is 0.241 e. The minimum atomic E-state index is 0.0962. The Kier molecular flexibility index (Phi) is 4.15. The minimum absolute atomic E-state index is 0.0962. The van der Waals surface area contributed by atoms with E-state index in [1.165, 1.54) is 0 Å². The van der Waals surface area contributed by atoms with Gasteiger partial charge >= 0.3 is 0 Å². The fraction of sp³-hybridized carbons (Fsp3) is 0.385. The van der Waals surface area contributed by atoms with Gasteiger partial charge in [0.25, 0.3) is 0 Å². The number of amides is 1. The van der Waals surface area contributed by atoms with E-state index in [1.54, 1.807) is 18.2 Å². The van der Waals surface area contributed by atoms with Crippen molar-refractivity contribution in [3.05, 3.63) is 29.8 Å². The molecule has 0 unspecified atom stereocenters. The van der Waals surface area contributed by atoms with E-state index in [9.17, 15) is 4.79 Å². The molecule has 1 aromatic carbocycles. The van der Waals surface area contributed by atoms with Gasteiger partial charge < -0.3 is 15.5 Å². The lowest BCUT2D eigenvalue weighted by atomic mass is 10.2. The second kappa shape index (κ2) is 6.03. The van der Waals surface area contributed by atoms with Gasteiger partial charge in [0.05, 0.1) is 18.2 Å². The Hall–Kier alpha value is -2.06. The lowest BCUT2D eigenvalue weighted by Gasteiger charge is -2.27. The highest BCUT2D eigenvalue weighted by Crippen LogP contribution is 2.09. The third-order valence-electron chi connectivity index (χ3n) is 2.91. The molecule has 0 aliphatic carbocycles. The highest BCUT2D eigenvalue weighted by atomic mass is 16.2. The van der Waals surface area contributed by atoms with Gasteiger partial charge in [-0.15, -0.1) is 0 Å². The average Bonchev–Trinajstić information content (AvgIpc) is 2.46. The number of nitrogens with zero attached hydrogens (tertiary/aromatic N) is 2. The molecule has 1 aromatic rings. The smallest absolute Gasteiger partial charge is 0.241 e. The first-order valence-corrected chi connectivity index (χ1v) is 6.02. The first-order chi connectivity index (χ1) is 8.79. The summed E-state index contributed by atoms with van der Waals surface area (Å²) in [6.45, 7) is 3.51. The molecular formula is C13H16N4O. The van der Waals surface area contributed by atoms with Gasteiger partial charge in [-0.1, -0.05) is 6.07 Å². The van der Waals surface area contributed by atoms with Gasteiger partial charge in [-0.3, -0.25) is 4.79 Å². The maximum atomic E-state index is 11.9. The van der Waals surface area contributed by atoms with Crippen LogP contribution in [0, 0.1) is 11.3 Å². The fourth-order valence-corrected chi connectivity index (χ4v) is 1.90. The van der Waals surface area contributed by atoms with E-state index in [-0.39, 0.29) is 12.5 Å². The van der Waals surface area contributed by atoms with Crippen molar-refractivity contribution in [2.24, 2.45) is 0 Å². The van der Waals surface area contributed by atoms with Crippen LogP contribution < -0.4 is 10.6 Å². The zero-order chi connectivity index (χ0) is 12.8. The molecule has 0 spiro atoms. The molecule has 0 bridgehead atoms. The van der Waals surface area contributed by atoms with Crippen molar-refractivity contribution < 1.29 is 4.79 Å². The van der Waals surface area contributed by atoms with Crippen LogP contribution in [0.3, 0.4) is 0 Å². The van der Waals surface area contributed by atoms with Crippen LogP contribution in [0.25, 0.3) is 0 Å². The summed E-state index contributed by atoms with van der Waals surface area (Å²) >= 11 is 0. The van der Waals surface area contributed by atoms with Gasteiger partial charge in [-0.25, -0.2) is 0 Å². The van der Waals surface area contributed by atoms with E-state index >= 15 is 0 Å². The van der Waals surface area contributed by atoms with Gasteiger partial charge in [0.15, 0.2) is 0 Å². The third kappa shape index (κ3) is 3.22. The summed E-state index contributed by atoms with van der Waals surface area (Å²) in [5.41, 5.74) is 1.40. The van der Waals surface area contributed by atoms with E-state index in [0.29, 0.717) is 5.56 Å². The second-order valence-electron chi connectivity index (χ2n) is 4.18. The molecule has 1 aliphatic heterocycles. The average molecular weight is 244 g/mol. The lowest BCUT2D eigenvalue weighted by molar-refractivity contribution is -0.129. The molecule has 5 nitrogen and oxygen atoms in total. The number of rotatable bonds is 3. The Labute approximate surface area is 106 Å². The number of benzene rings is 1. The molecule has 0 atom stereocenters. The molecule has 1 heterocycles. The number of nitriles is 1. The molecule has 2 rings (SSSR count). The second-order valence-corrected chi connectivity index (χ2v) is 4.18. The van der Waals surface area contributed by atoms with Gasteiger partial charge in [0.1, 0.15) is 0 Å². The molecule has 1 aliphatic rings. The monoisotopic (exact) mass is 244 g/mol. The molecule has 1 fully saturated rings. The van der Waals surface area contributed by atoms with E-state index < -0.39 is 0 Å². The first-order valence-electron chi connectivity index (χ1n) is 6.02. The van der Waals surface area contributed by atoms with Crippen molar-refractivity contribution in [2.45, 2.75) is 0 Å². The van der Waals surface area contributed by atoms with Crippen molar-refractivity contribution in [3.8, 4) is 6.07 Å². The zero-order valence-electron chi connectivity index (χ0n) is 10.1. The summed E-state index contributed by atoms with van der Waals surface area (Å²) in [4.78, 5) is 13.7. The van der Waals surface area contributed by atoms with Crippen LogP contribution in [0.2, 0.25) is 0 Å². The summed E-state index contributed by atoms with van der Waals surface area (Å²) in [6.07, 6.45) is 0. The highest BCUT2D eigenvalue weighted by Gasteiger charge is 2.15. The Morgan fingerprint density at radius 3 is 2.94 bits per heavy atom. The van der Waals surface area contributed by atoms with Gasteiger partial charge in [0, 0.05) is 31.9 Å². The zero-order valence-corrected chi connectivity index (χ0v) is 10.1. The summed E-state index contributed by atoms with van der Waals surface area (Å²) in [5.74, 6) is 0.0962. The van der Waals surface area contributed by atoms with Gasteiger partial charge in [0.2, 0.25) is 5.91 Å². The quantitative estimate of drug-likeness (QED) is 0.807. The van der Waals surface area contributed by atoms with Crippen molar-refractivity contribution in [1.29, 1.82) is 5.26 Å². The summed E-state index contributed by atoms with van der Waals surface area (Å²) < 4.78 is 0. The predicted molar refractivity (Wildman–Crippen MR) is 69.1 cm³/mol. The van der Waals surface area contributed by atoms with E-state index in [4.69, 9.17) is 5.26 Å². The first kappa shape index (κ1) is 12.4. The van der Waals surface area contributed by atoms with Crippen LogP contribution in [0.1, 0.15) is 5.56 Å². The van der Waals surface area contributed by atoms with E-state index in [1.807, 2.05) is 11.0 Å². The minimum Gasteiger partial charge on any atom is -0.376 e. The lowest BCUT2D eigenvalue weighted by Crippen LogP contribution is -2.48. The number of anilines is 1. The standard InChI is InChI=1S/C13H16N4O/c14-9-11-2-1-3-12(8-11)16-10-13(18)17-6-4-15-5-7-17/h1-3,8,15-16H,4-7,10H2. The van der Waals surface area contributed by atoms with Crippen LogP contribution in [0.5, 0.6) is 0 Å². The summed E-state index contributed by atoms with van der Waals surface area (Å²) in [7, 11) is 0. The molecule has 0 aromatic heterocycles. The Balaban J connectivity index is 1.86. The van der Waals surface area contributed by atoms with Crippen molar-refractivity contribution in [2.75, 3.05) is 38.0 Å². The molecule has 1 saturated heterocycles. The highest BCUT2D eigenvalue weighted by molar-refractivity contribution is 5.81. The molecule has 2 N–H and O–H groups in total. The predicted octanol–water partition coefficient (Wildman–Crippen LogP) is 0.402. The van der Waals surface area contributed by atoms with Crippen molar-refractivity contribution in [1.82, 2.24) is 10.2 Å². The Bertz CT molecular complexity index is 460. The molecule has 18 heavy (non-hydrogen) atoms. The summed E-state index contributed by atoms with van der Waals surface area (Å²) in [6, 6.07) is 9.21. The number of carbonyl (C=O) groups excluding carboxylic acids is 1. The molecular weight excluding hydrogens is 228 g/mol. The van der Waals surface area contributed by atoms with Crippen LogP contribution in [-0.2, 0) is 4.79 Å². The van der Waals surface area contributed by atoms with Crippen molar-refractivity contribution in [3.63, 3.8) is 0 Å². The van der Waals surface area contributed by atoms with E-state index in [0.717, 1.165) is 31.9 Å². The molecule has 0 radical (unpaired) electrons. The molecule has 0 saturated carbocycles. The normalized spacial score (nSPS) is 14.9. The fourth-order valence-electron chi connectivity index (χ4n) is 1.90. The number of hydrogen-bond donors (Lipinski definition) is 2. The van der Waals surface area contributed by atoms with Crippen molar-refractivity contribution >= 4 is 11.6 Å². The van der Waals surface area contributed by atoms with Crippen LogP contribution >= 0.6 is 0 Å². The van der Waals surface area contributed by atoms with Gasteiger partial charge in [-0.2, -0.15) is 5.26 Å². The largest absolute Gasteiger partial charge is 0.376 e. The molecule has 1 amide bonds. The Morgan fingerprint density at radius 1 is 1.44 bits per heavy atom. The maximum absolute atomic E-state index is 11.9. The van der Waals surface area contributed by atoms with Crippen LogP contribution in [-0.4, -0.2) is 43.5 Å². The number of hydrogen-bond acceptors (Lipinski definition) is 4. The number of piperazine rings is 1. The SMILES string of the molecule is N#Cc1cccc(NCC(=O)N2CCNCC2)c1. The number of nitrogens with one attached hydrogen (secondary N) is 2. The topological polar surface area (TPSA) is 68.2 Å². The molecule has 5 heteroatoms. The molecule has 94 valence electrons. The van der Waals surface area contributed by atoms with Crippen LogP contribution in [0.15, 0.2) is 24.3 Å². The van der Waals surface area contributed by atoms with Crippen LogP contribution in [0.4, 0.5) is 5.69 Å². The van der Waals surface area contributed by atoms with E-state index in [2.05, 4.69) is 16.7 Å². The Morgan fingerprint density at radius 2 is 2.22 bits per heavy atom. The summed E-state index contributed by atoms with van der Waals surface area (Å²) in [5, 5.41) is 15.0. The van der Waals surface area contributed by atoms with Gasteiger partial charge in [-0.05, 0) is 18.2 Å².